The monoisotopic (exact) mass is 274 g/mol. The Morgan fingerprint density at radius 3 is 2.75 bits per heavy atom. The first-order valence-corrected chi connectivity index (χ1v) is 6.52. The van der Waals surface area contributed by atoms with E-state index in [9.17, 15) is 14.4 Å². The lowest BCUT2D eigenvalue weighted by Gasteiger charge is -2.24. The highest BCUT2D eigenvalue weighted by molar-refractivity contribution is 6.00. The first kappa shape index (κ1) is 12.8. The number of carbonyl (C=O) groups excluding carboxylic acids is 2. The maximum absolute atomic E-state index is 12.2. The molecule has 0 bridgehead atoms. The molecule has 0 aliphatic carbocycles. The van der Waals surface area contributed by atoms with Gasteiger partial charge in [0.15, 0.2) is 11.4 Å². The highest BCUT2D eigenvalue weighted by atomic mass is 16.4. The number of hydrogen-bond donors (Lipinski definition) is 1. The van der Waals surface area contributed by atoms with Crippen molar-refractivity contribution in [2.45, 2.75) is 12.8 Å². The molecule has 1 aliphatic heterocycles. The second kappa shape index (κ2) is 5.05. The van der Waals surface area contributed by atoms with Crippen LogP contribution in [0.5, 0.6) is 0 Å². The zero-order valence-corrected chi connectivity index (χ0v) is 10.8. The number of Topliss-reactive ketones (excluding diaryl/α,β-unsaturated/α-hetero) is 2. The largest absolute Gasteiger partial charge is 0.417 e. The molecule has 1 aromatic heterocycles. The number of piperidine rings is 1. The fourth-order valence-electron chi connectivity index (χ4n) is 2.38. The van der Waals surface area contributed by atoms with Gasteiger partial charge in [-0.15, -0.1) is 0 Å². The van der Waals surface area contributed by atoms with Gasteiger partial charge in [-0.2, -0.15) is 0 Å². The van der Waals surface area contributed by atoms with Crippen molar-refractivity contribution in [1.29, 1.82) is 0 Å². The molecule has 1 aliphatic rings. The van der Waals surface area contributed by atoms with Crippen LogP contribution in [-0.4, -0.2) is 41.1 Å². The lowest BCUT2D eigenvalue weighted by atomic mass is 10.1. The van der Waals surface area contributed by atoms with E-state index >= 15 is 0 Å². The molecule has 1 N–H and O–H groups in total. The maximum Gasteiger partial charge on any atom is 0.417 e. The zero-order chi connectivity index (χ0) is 14.1. The summed E-state index contributed by atoms with van der Waals surface area (Å²) in [6.07, 6.45) is 1.03. The number of ketones is 2. The van der Waals surface area contributed by atoms with E-state index in [2.05, 4.69) is 4.98 Å². The Labute approximate surface area is 114 Å². The smallest absolute Gasteiger partial charge is 0.408 e. The van der Waals surface area contributed by atoms with E-state index in [-0.39, 0.29) is 11.6 Å². The first-order chi connectivity index (χ1) is 9.61. The molecule has 104 valence electrons. The third-order valence-corrected chi connectivity index (χ3v) is 3.52. The third-order valence-electron chi connectivity index (χ3n) is 3.52. The molecular formula is C14H14N2O4. The molecule has 0 atom stereocenters. The molecule has 0 amide bonds. The van der Waals surface area contributed by atoms with Gasteiger partial charge in [0.2, 0.25) is 0 Å². The minimum atomic E-state index is -0.529. The van der Waals surface area contributed by atoms with E-state index in [0.29, 0.717) is 49.1 Å². The van der Waals surface area contributed by atoms with E-state index in [0.717, 1.165) is 0 Å². The summed E-state index contributed by atoms with van der Waals surface area (Å²) in [7, 11) is 0. The number of carbonyl (C=O) groups is 2. The summed E-state index contributed by atoms with van der Waals surface area (Å²) in [5.41, 5.74) is 1.50. The summed E-state index contributed by atoms with van der Waals surface area (Å²) in [6.45, 7) is 1.56. The van der Waals surface area contributed by atoms with E-state index in [1.165, 1.54) is 0 Å². The summed E-state index contributed by atoms with van der Waals surface area (Å²) in [6, 6.07) is 4.88. The number of rotatable bonds is 3. The Hall–Kier alpha value is -2.21. The molecule has 20 heavy (non-hydrogen) atoms. The van der Waals surface area contributed by atoms with Crippen molar-refractivity contribution >= 4 is 22.7 Å². The predicted molar refractivity (Wildman–Crippen MR) is 71.8 cm³/mol. The molecular weight excluding hydrogens is 260 g/mol. The molecule has 0 spiro atoms. The van der Waals surface area contributed by atoms with E-state index in [1.54, 1.807) is 18.2 Å². The van der Waals surface area contributed by atoms with Gasteiger partial charge in [0.1, 0.15) is 5.78 Å². The summed E-state index contributed by atoms with van der Waals surface area (Å²) in [5, 5.41) is 0. The van der Waals surface area contributed by atoms with Crippen LogP contribution in [0.2, 0.25) is 0 Å². The predicted octanol–water partition coefficient (Wildman–Crippen LogP) is 0.969. The van der Waals surface area contributed by atoms with E-state index in [1.807, 2.05) is 4.90 Å². The minimum Gasteiger partial charge on any atom is -0.408 e. The number of hydrogen-bond acceptors (Lipinski definition) is 5. The Bertz CT molecular complexity index is 718. The van der Waals surface area contributed by atoms with Crippen molar-refractivity contribution in [3.8, 4) is 0 Å². The lowest BCUT2D eigenvalue weighted by molar-refractivity contribution is -0.121. The van der Waals surface area contributed by atoms with Crippen LogP contribution in [0.3, 0.4) is 0 Å². The molecule has 1 aromatic carbocycles. The lowest BCUT2D eigenvalue weighted by Crippen LogP contribution is -2.37. The van der Waals surface area contributed by atoms with Crippen molar-refractivity contribution in [3.63, 3.8) is 0 Å². The van der Waals surface area contributed by atoms with Gasteiger partial charge in [0.25, 0.3) is 0 Å². The molecule has 0 unspecified atom stereocenters. The Morgan fingerprint density at radius 1 is 1.25 bits per heavy atom. The molecule has 2 heterocycles. The molecule has 6 heteroatoms. The molecule has 1 fully saturated rings. The highest BCUT2D eigenvalue weighted by Gasteiger charge is 2.19. The summed E-state index contributed by atoms with van der Waals surface area (Å²) in [5.74, 6) is -0.298. The highest BCUT2D eigenvalue weighted by Crippen LogP contribution is 2.14. The van der Waals surface area contributed by atoms with Crippen molar-refractivity contribution in [2.24, 2.45) is 0 Å². The fourth-order valence-corrected chi connectivity index (χ4v) is 2.38. The van der Waals surface area contributed by atoms with Crippen LogP contribution in [0, 0.1) is 0 Å². The fraction of sp³-hybridized carbons (Fsp3) is 0.357. The molecule has 1 saturated heterocycles. The minimum absolute atomic E-state index is 0.0247. The van der Waals surface area contributed by atoms with Gasteiger partial charge >= 0.3 is 5.76 Å². The molecule has 3 rings (SSSR count). The van der Waals surface area contributed by atoms with Crippen molar-refractivity contribution < 1.29 is 14.0 Å². The van der Waals surface area contributed by atoms with Crippen LogP contribution in [0.15, 0.2) is 27.4 Å². The topological polar surface area (TPSA) is 83.4 Å². The second-order valence-electron chi connectivity index (χ2n) is 4.96. The molecule has 0 radical (unpaired) electrons. The molecule has 2 aromatic rings. The van der Waals surface area contributed by atoms with Crippen LogP contribution in [-0.2, 0) is 4.79 Å². The van der Waals surface area contributed by atoms with Gasteiger partial charge in [-0.05, 0) is 18.2 Å². The van der Waals surface area contributed by atoms with Gasteiger partial charge < -0.3 is 4.42 Å². The summed E-state index contributed by atoms with van der Waals surface area (Å²) < 4.78 is 4.89. The average molecular weight is 274 g/mol. The van der Waals surface area contributed by atoms with Crippen LogP contribution in [0.4, 0.5) is 0 Å². The Kier molecular flexibility index (Phi) is 3.23. The third kappa shape index (κ3) is 2.55. The normalized spacial score (nSPS) is 16.7. The number of nitrogens with one attached hydrogen (secondary N) is 1. The van der Waals surface area contributed by atoms with Crippen molar-refractivity contribution in [2.75, 3.05) is 19.6 Å². The van der Waals surface area contributed by atoms with Gasteiger partial charge in [-0.1, -0.05) is 0 Å². The van der Waals surface area contributed by atoms with Crippen molar-refractivity contribution in [1.82, 2.24) is 9.88 Å². The number of aromatic amines is 1. The molecule has 6 nitrogen and oxygen atoms in total. The number of oxazole rings is 1. The van der Waals surface area contributed by atoms with Gasteiger partial charge in [0, 0.05) is 31.5 Å². The van der Waals surface area contributed by atoms with Crippen LogP contribution in [0.1, 0.15) is 23.2 Å². The SMILES string of the molecule is O=C1CCN(CC(=O)c2ccc3oc(=O)[nH]c3c2)CC1. The number of H-pyrrole nitrogens is 1. The second-order valence-corrected chi connectivity index (χ2v) is 4.96. The number of benzene rings is 1. The zero-order valence-electron chi connectivity index (χ0n) is 10.8. The van der Waals surface area contributed by atoms with E-state index in [4.69, 9.17) is 4.42 Å². The Balaban J connectivity index is 1.74. The van der Waals surface area contributed by atoms with Crippen LogP contribution >= 0.6 is 0 Å². The first-order valence-electron chi connectivity index (χ1n) is 6.52. The van der Waals surface area contributed by atoms with Crippen LogP contribution < -0.4 is 5.76 Å². The number of fused-ring (bicyclic) bond motifs is 1. The number of nitrogens with zero attached hydrogens (tertiary/aromatic N) is 1. The maximum atomic E-state index is 12.2. The summed E-state index contributed by atoms with van der Waals surface area (Å²) in [4.78, 5) is 38.9. The van der Waals surface area contributed by atoms with Crippen LogP contribution in [0.25, 0.3) is 11.1 Å². The summed E-state index contributed by atoms with van der Waals surface area (Å²) >= 11 is 0. The van der Waals surface area contributed by atoms with E-state index < -0.39 is 5.76 Å². The Morgan fingerprint density at radius 2 is 2.00 bits per heavy atom. The standard InChI is InChI=1S/C14H14N2O4/c17-10-3-5-16(6-4-10)8-12(18)9-1-2-13-11(7-9)15-14(19)20-13/h1-2,7H,3-6,8H2,(H,15,19). The van der Waals surface area contributed by atoms with Crippen molar-refractivity contribution in [3.05, 3.63) is 34.3 Å². The molecule has 0 saturated carbocycles. The van der Waals surface area contributed by atoms with Gasteiger partial charge in [-0.3, -0.25) is 19.5 Å². The quantitative estimate of drug-likeness (QED) is 0.843. The number of likely N-dealkylation sites (tertiary alicyclic amines) is 1. The number of aromatic nitrogens is 1. The van der Waals surface area contributed by atoms with Gasteiger partial charge in [0.05, 0.1) is 12.1 Å². The van der Waals surface area contributed by atoms with Gasteiger partial charge in [-0.25, -0.2) is 4.79 Å². The average Bonchev–Trinajstić information content (AvgIpc) is 2.80.